The Balaban J connectivity index is 2.10. The number of fused-ring (bicyclic) bond motifs is 2. The predicted molar refractivity (Wildman–Crippen MR) is 83.0 cm³/mol. The molecule has 3 rings (SSSR count). The SMILES string of the molecule is COC(=O)Cc1cc(C)cc2c1[C@H](C)CO[C@@]21CCCOC1. The fourth-order valence-electron chi connectivity index (χ4n) is 3.75. The average Bonchev–Trinajstić information content (AvgIpc) is 2.52. The Morgan fingerprint density at radius 3 is 2.95 bits per heavy atom. The maximum absolute atomic E-state index is 11.8. The van der Waals surface area contributed by atoms with E-state index in [0.29, 0.717) is 19.6 Å². The van der Waals surface area contributed by atoms with Crippen LogP contribution >= 0.6 is 0 Å². The molecule has 2 atom stereocenters. The Hall–Kier alpha value is -1.39. The number of hydrogen-bond acceptors (Lipinski definition) is 4. The third-order valence-corrected chi connectivity index (χ3v) is 4.77. The van der Waals surface area contributed by atoms with Crippen molar-refractivity contribution >= 4 is 5.97 Å². The van der Waals surface area contributed by atoms with E-state index in [1.54, 1.807) is 0 Å². The largest absolute Gasteiger partial charge is 0.469 e. The van der Waals surface area contributed by atoms with Crippen molar-refractivity contribution < 1.29 is 19.0 Å². The van der Waals surface area contributed by atoms with Gasteiger partial charge in [0.25, 0.3) is 0 Å². The summed E-state index contributed by atoms with van der Waals surface area (Å²) in [6.07, 6.45) is 2.31. The molecule has 1 saturated heterocycles. The van der Waals surface area contributed by atoms with Crippen LogP contribution in [0.25, 0.3) is 0 Å². The first-order valence-corrected chi connectivity index (χ1v) is 7.98. The minimum absolute atomic E-state index is 0.194. The van der Waals surface area contributed by atoms with Gasteiger partial charge in [-0.15, -0.1) is 0 Å². The lowest BCUT2D eigenvalue weighted by molar-refractivity contribution is -0.146. The quantitative estimate of drug-likeness (QED) is 0.788. The van der Waals surface area contributed by atoms with Crippen LogP contribution in [0.3, 0.4) is 0 Å². The number of carbonyl (C=O) groups excluding carboxylic acids is 1. The molecule has 2 aliphatic rings. The molecule has 0 amide bonds. The van der Waals surface area contributed by atoms with Crippen LogP contribution in [-0.4, -0.2) is 32.9 Å². The Kier molecular flexibility index (Phi) is 4.24. The zero-order valence-corrected chi connectivity index (χ0v) is 13.6. The number of ether oxygens (including phenoxy) is 3. The Labute approximate surface area is 131 Å². The number of rotatable bonds is 2. The number of aryl methyl sites for hydroxylation is 1. The van der Waals surface area contributed by atoms with Crippen molar-refractivity contribution in [3.05, 3.63) is 34.4 Å². The van der Waals surface area contributed by atoms with Crippen LogP contribution in [0.1, 0.15) is 47.9 Å². The lowest BCUT2D eigenvalue weighted by Gasteiger charge is -2.44. The van der Waals surface area contributed by atoms with Crippen molar-refractivity contribution in [3.63, 3.8) is 0 Å². The average molecular weight is 304 g/mol. The summed E-state index contributed by atoms with van der Waals surface area (Å²) in [7, 11) is 1.44. The van der Waals surface area contributed by atoms with Crippen molar-refractivity contribution in [1.29, 1.82) is 0 Å². The summed E-state index contributed by atoms with van der Waals surface area (Å²) in [6, 6.07) is 4.31. The molecule has 0 unspecified atom stereocenters. The molecule has 22 heavy (non-hydrogen) atoms. The molecule has 0 saturated carbocycles. The van der Waals surface area contributed by atoms with Crippen molar-refractivity contribution in [1.82, 2.24) is 0 Å². The monoisotopic (exact) mass is 304 g/mol. The normalized spacial score (nSPS) is 27.5. The van der Waals surface area contributed by atoms with Crippen LogP contribution in [0.2, 0.25) is 0 Å². The van der Waals surface area contributed by atoms with Gasteiger partial charge in [0, 0.05) is 12.5 Å². The van der Waals surface area contributed by atoms with Crippen molar-refractivity contribution in [2.75, 3.05) is 26.9 Å². The van der Waals surface area contributed by atoms with Gasteiger partial charge in [0.2, 0.25) is 0 Å². The molecule has 0 N–H and O–H groups in total. The van der Waals surface area contributed by atoms with Gasteiger partial charge in [-0.25, -0.2) is 0 Å². The molecule has 1 fully saturated rings. The molecular weight excluding hydrogens is 280 g/mol. The molecule has 0 bridgehead atoms. The van der Waals surface area contributed by atoms with Gasteiger partial charge in [-0.3, -0.25) is 4.79 Å². The molecule has 1 aromatic carbocycles. The van der Waals surface area contributed by atoms with Crippen LogP contribution in [0.4, 0.5) is 0 Å². The highest BCUT2D eigenvalue weighted by atomic mass is 16.5. The lowest BCUT2D eigenvalue weighted by atomic mass is 9.76. The van der Waals surface area contributed by atoms with E-state index < -0.39 is 0 Å². The molecule has 1 spiro atoms. The molecular formula is C18H24O4. The molecule has 2 aliphatic heterocycles. The fourth-order valence-corrected chi connectivity index (χ4v) is 3.75. The first-order valence-electron chi connectivity index (χ1n) is 7.98. The van der Waals surface area contributed by atoms with E-state index in [2.05, 4.69) is 26.0 Å². The molecule has 0 aliphatic carbocycles. The first kappa shape index (κ1) is 15.5. The Morgan fingerprint density at radius 2 is 2.27 bits per heavy atom. The highest BCUT2D eigenvalue weighted by Crippen LogP contribution is 2.44. The van der Waals surface area contributed by atoms with Gasteiger partial charge in [0.05, 0.1) is 26.7 Å². The second-order valence-corrected chi connectivity index (χ2v) is 6.50. The fraction of sp³-hybridized carbons (Fsp3) is 0.611. The Bertz CT molecular complexity index is 573. The summed E-state index contributed by atoms with van der Waals surface area (Å²) in [6.45, 7) is 6.31. The van der Waals surface area contributed by atoms with Crippen LogP contribution < -0.4 is 0 Å². The summed E-state index contributed by atoms with van der Waals surface area (Å²) in [4.78, 5) is 11.8. The van der Waals surface area contributed by atoms with E-state index in [1.807, 2.05) is 0 Å². The van der Waals surface area contributed by atoms with E-state index in [-0.39, 0.29) is 17.5 Å². The van der Waals surface area contributed by atoms with Crippen molar-refractivity contribution in [2.45, 2.75) is 44.6 Å². The standard InChI is InChI=1S/C18H24O4/c1-12-7-14(9-16(19)20-3)17-13(2)10-22-18(15(17)8-12)5-4-6-21-11-18/h7-8,13H,4-6,9-11H2,1-3H3/t13-,18-/m1/s1. The number of carbonyl (C=O) groups is 1. The second-order valence-electron chi connectivity index (χ2n) is 6.50. The van der Waals surface area contributed by atoms with E-state index >= 15 is 0 Å². The van der Waals surface area contributed by atoms with Gasteiger partial charge in [0.1, 0.15) is 5.60 Å². The third-order valence-electron chi connectivity index (χ3n) is 4.77. The predicted octanol–water partition coefficient (Wildman–Crippen LogP) is 2.85. The second kappa shape index (κ2) is 6.01. The number of methoxy groups -OCH3 is 1. The van der Waals surface area contributed by atoms with Crippen LogP contribution in [-0.2, 0) is 31.0 Å². The lowest BCUT2D eigenvalue weighted by Crippen LogP contribution is -2.44. The summed E-state index contributed by atoms with van der Waals surface area (Å²) >= 11 is 0. The van der Waals surface area contributed by atoms with E-state index in [4.69, 9.17) is 14.2 Å². The van der Waals surface area contributed by atoms with Gasteiger partial charge in [-0.2, -0.15) is 0 Å². The van der Waals surface area contributed by atoms with Gasteiger partial charge >= 0.3 is 5.97 Å². The molecule has 4 nitrogen and oxygen atoms in total. The minimum atomic E-state index is -0.336. The number of benzene rings is 1. The topological polar surface area (TPSA) is 44.8 Å². The summed E-state index contributed by atoms with van der Waals surface area (Å²) in [5.41, 5.74) is 4.36. The van der Waals surface area contributed by atoms with Crippen LogP contribution in [0, 0.1) is 6.92 Å². The highest BCUT2D eigenvalue weighted by molar-refractivity contribution is 5.73. The Morgan fingerprint density at radius 1 is 1.45 bits per heavy atom. The molecule has 1 aromatic rings. The number of hydrogen-bond donors (Lipinski definition) is 0. The maximum Gasteiger partial charge on any atom is 0.309 e. The van der Waals surface area contributed by atoms with Gasteiger partial charge in [-0.05, 0) is 36.5 Å². The zero-order valence-electron chi connectivity index (χ0n) is 13.6. The summed E-state index contributed by atoms with van der Waals surface area (Å²) < 4.78 is 16.8. The van der Waals surface area contributed by atoms with Gasteiger partial charge in [0.15, 0.2) is 0 Å². The first-order chi connectivity index (χ1) is 10.6. The zero-order chi connectivity index (χ0) is 15.7. The van der Waals surface area contributed by atoms with E-state index in [1.165, 1.54) is 18.2 Å². The third kappa shape index (κ3) is 2.66. The van der Waals surface area contributed by atoms with Crippen LogP contribution in [0.5, 0.6) is 0 Å². The summed E-state index contributed by atoms with van der Waals surface area (Å²) in [5.74, 6) is 0.0863. The van der Waals surface area contributed by atoms with Gasteiger partial charge in [-0.1, -0.05) is 24.6 Å². The maximum atomic E-state index is 11.8. The molecule has 0 aromatic heterocycles. The summed E-state index contributed by atoms with van der Waals surface area (Å²) in [5, 5.41) is 0. The van der Waals surface area contributed by atoms with Crippen molar-refractivity contribution in [3.8, 4) is 0 Å². The highest BCUT2D eigenvalue weighted by Gasteiger charge is 2.42. The minimum Gasteiger partial charge on any atom is -0.469 e. The number of esters is 1. The van der Waals surface area contributed by atoms with Gasteiger partial charge < -0.3 is 14.2 Å². The smallest absolute Gasteiger partial charge is 0.309 e. The van der Waals surface area contributed by atoms with Crippen LogP contribution in [0.15, 0.2) is 12.1 Å². The van der Waals surface area contributed by atoms with Crippen molar-refractivity contribution in [2.24, 2.45) is 0 Å². The molecule has 0 radical (unpaired) electrons. The molecule has 120 valence electrons. The molecule has 4 heteroatoms. The van der Waals surface area contributed by atoms with E-state index in [9.17, 15) is 4.79 Å². The molecule has 2 heterocycles. The van der Waals surface area contributed by atoms with E-state index in [0.717, 1.165) is 30.6 Å².